The average Bonchev–Trinajstić information content (AvgIpc) is 3.18. The summed E-state index contributed by atoms with van der Waals surface area (Å²) in [5.74, 6) is 0. The van der Waals surface area contributed by atoms with Crippen LogP contribution in [0.4, 0.5) is 34.1 Å². The van der Waals surface area contributed by atoms with Crippen molar-refractivity contribution in [1.82, 2.24) is 0 Å². The van der Waals surface area contributed by atoms with Crippen molar-refractivity contribution in [1.29, 1.82) is 0 Å². The van der Waals surface area contributed by atoms with Gasteiger partial charge in [-0.3, -0.25) is 0 Å². The molecule has 0 saturated carbocycles. The van der Waals surface area contributed by atoms with E-state index >= 15 is 0 Å². The van der Waals surface area contributed by atoms with Crippen LogP contribution in [0.2, 0.25) is 5.02 Å². The molecule has 6 bridgehead atoms. The molecular weight excluding hydrogens is 772 g/mol. The molecule has 0 amide bonds. The number of rotatable bonds is 4. The van der Waals surface area contributed by atoms with Gasteiger partial charge in [0.2, 0.25) is 0 Å². The van der Waals surface area contributed by atoms with Crippen LogP contribution in [-0.2, 0) is 10.8 Å². The minimum atomic E-state index is -2.92. The first-order valence-corrected chi connectivity index (χ1v) is 22.2. The highest BCUT2D eigenvalue weighted by Crippen LogP contribution is 2.49. The molecule has 7 aromatic rings. The number of hydrogen-bond donors (Lipinski definition) is 0. The van der Waals surface area contributed by atoms with E-state index in [0.29, 0.717) is 5.02 Å². The third-order valence-corrected chi connectivity index (χ3v) is 16.7. The maximum absolute atomic E-state index is 7.21. The van der Waals surface area contributed by atoms with Crippen LogP contribution in [0.1, 0.15) is 52.7 Å². The number of halogens is 2. The lowest BCUT2D eigenvalue weighted by Gasteiger charge is -2.38. The molecule has 0 aromatic heterocycles. The predicted molar refractivity (Wildman–Crippen MR) is 243 cm³/mol. The number of nitrogens with zero attached hydrogens (tertiary/aromatic N) is 2. The van der Waals surface area contributed by atoms with Crippen molar-refractivity contribution in [2.45, 2.75) is 52.4 Å². The molecule has 0 unspecified atom stereocenters. The zero-order chi connectivity index (χ0) is 38.5. The van der Waals surface area contributed by atoms with Crippen LogP contribution >= 0.6 is 27.5 Å². The Hall–Kier alpha value is -4.87. The summed E-state index contributed by atoms with van der Waals surface area (Å²) in [4.78, 5) is 4.73. The van der Waals surface area contributed by atoms with Gasteiger partial charge in [-0.2, -0.15) is 0 Å². The molecule has 0 saturated heterocycles. The summed E-state index contributed by atoms with van der Waals surface area (Å²) in [5, 5.41) is 5.92. The molecule has 2 nitrogen and oxygen atoms in total. The summed E-state index contributed by atoms with van der Waals surface area (Å²) in [6.45, 7) is 13.6. The van der Waals surface area contributed by atoms with Crippen LogP contribution < -0.4 is 30.5 Å². The Labute approximate surface area is 341 Å². The topological polar surface area (TPSA) is 6.48 Å². The van der Waals surface area contributed by atoms with Crippen molar-refractivity contribution >= 4 is 90.5 Å². The average molecular weight is 818 g/mol. The molecule has 1 aliphatic rings. The number of benzene rings is 7. The molecule has 0 atom stereocenters. The molecule has 55 heavy (non-hydrogen) atoms. The molecule has 1 heterocycles. The minimum absolute atomic E-state index is 0.0243. The predicted octanol–water partition coefficient (Wildman–Crippen LogP) is 12.3. The fourth-order valence-electron chi connectivity index (χ4n) is 8.09. The van der Waals surface area contributed by atoms with Crippen molar-refractivity contribution in [2.75, 3.05) is 9.80 Å². The molecule has 0 N–H and O–H groups in total. The zero-order valence-electron chi connectivity index (χ0n) is 32.3. The van der Waals surface area contributed by atoms with Gasteiger partial charge in [0.1, 0.15) is 0 Å². The summed E-state index contributed by atoms with van der Waals surface area (Å²) in [6, 6.07) is 63.0. The molecule has 0 fully saturated rings. The fourth-order valence-corrected chi connectivity index (χ4v) is 13.7. The van der Waals surface area contributed by atoms with Crippen LogP contribution in [0.5, 0.6) is 0 Å². The van der Waals surface area contributed by atoms with Gasteiger partial charge in [0, 0.05) is 27.8 Å². The first kappa shape index (κ1) is 37.1. The Morgan fingerprint density at radius 2 is 0.782 bits per heavy atom. The summed E-state index contributed by atoms with van der Waals surface area (Å²) in [5.41, 5.74) is 8.79. The molecule has 1 aliphatic heterocycles. The van der Waals surface area contributed by atoms with Crippen LogP contribution in [0.25, 0.3) is 0 Å². The van der Waals surface area contributed by atoms with Crippen LogP contribution in [-0.4, -0.2) is 8.07 Å². The van der Waals surface area contributed by atoms with Gasteiger partial charge in [-0.05, 0) is 119 Å². The van der Waals surface area contributed by atoms with Crippen molar-refractivity contribution in [3.05, 3.63) is 190 Å². The molecule has 5 heteroatoms. The highest BCUT2D eigenvalue weighted by molar-refractivity contribution is 9.10. The second-order valence-corrected chi connectivity index (χ2v) is 21.6. The monoisotopic (exact) mass is 816 g/mol. The summed E-state index contributed by atoms with van der Waals surface area (Å²) in [7, 11) is -2.92. The Balaban J connectivity index is 1.51. The molecule has 274 valence electrons. The number of hydrogen-bond acceptors (Lipinski definition) is 2. The first-order chi connectivity index (χ1) is 26.4. The lowest BCUT2D eigenvalue weighted by atomic mass is 9.87. The molecule has 8 rings (SSSR count). The van der Waals surface area contributed by atoms with Crippen molar-refractivity contribution in [3.63, 3.8) is 0 Å². The smallest absolute Gasteiger partial charge is 0.179 e. The van der Waals surface area contributed by atoms with E-state index in [0.717, 1.165) is 38.6 Å². The zero-order valence-corrected chi connectivity index (χ0v) is 35.7. The van der Waals surface area contributed by atoms with Gasteiger partial charge in [0.25, 0.3) is 0 Å². The number of anilines is 6. The first-order valence-electron chi connectivity index (χ1n) is 19.0. The Bertz CT molecular complexity index is 2300. The maximum Gasteiger partial charge on any atom is 0.179 e. The van der Waals surface area contributed by atoms with E-state index in [4.69, 9.17) is 11.6 Å². The molecule has 0 aliphatic carbocycles. The van der Waals surface area contributed by atoms with Gasteiger partial charge in [0.05, 0.1) is 15.8 Å². The van der Waals surface area contributed by atoms with Crippen molar-refractivity contribution in [2.24, 2.45) is 0 Å². The minimum Gasteiger partial charge on any atom is -0.309 e. The molecular formula is C50H46BrClN2Si. The van der Waals surface area contributed by atoms with Gasteiger partial charge in [-0.15, -0.1) is 0 Å². The summed E-state index contributed by atoms with van der Waals surface area (Å²) >= 11 is 11.4. The van der Waals surface area contributed by atoms with Gasteiger partial charge in [-0.1, -0.05) is 162 Å². The lowest BCUT2D eigenvalue weighted by Crippen LogP contribution is -2.74. The van der Waals surface area contributed by atoms with Crippen LogP contribution in [0.15, 0.2) is 174 Å². The molecule has 0 spiro atoms. The number of fused-ring (bicyclic) bond motifs is 6. The van der Waals surface area contributed by atoms with Crippen molar-refractivity contribution in [3.8, 4) is 0 Å². The fraction of sp³-hybridized carbons (Fsp3) is 0.160. The second kappa shape index (κ2) is 14.3. The van der Waals surface area contributed by atoms with Gasteiger partial charge in [-0.25, -0.2) is 0 Å². The summed E-state index contributed by atoms with van der Waals surface area (Å²) in [6.07, 6.45) is 0. The van der Waals surface area contributed by atoms with E-state index in [1.807, 2.05) is 0 Å². The van der Waals surface area contributed by atoms with E-state index in [-0.39, 0.29) is 10.8 Å². The molecule has 0 radical (unpaired) electrons. The van der Waals surface area contributed by atoms with E-state index in [2.05, 4.69) is 237 Å². The van der Waals surface area contributed by atoms with Gasteiger partial charge in [0.15, 0.2) is 8.07 Å². The van der Waals surface area contributed by atoms with E-state index in [1.165, 1.54) is 31.9 Å². The molecule has 7 aromatic carbocycles. The summed E-state index contributed by atoms with van der Waals surface area (Å²) < 4.78 is 0.947. The van der Waals surface area contributed by atoms with Gasteiger partial charge < -0.3 is 9.80 Å². The highest BCUT2D eigenvalue weighted by Gasteiger charge is 2.42. The normalized spacial score (nSPS) is 13.9. The Kier molecular flexibility index (Phi) is 9.65. The van der Waals surface area contributed by atoms with Crippen molar-refractivity contribution < 1.29 is 0 Å². The second-order valence-electron chi connectivity index (χ2n) is 16.6. The highest BCUT2D eigenvalue weighted by atomic mass is 79.9. The quantitative estimate of drug-likeness (QED) is 0.163. The lowest BCUT2D eigenvalue weighted by molar-refractivity contribution is 0.590. The largest absolute Gasteiger partial charge is 0.309 e. The standard InChI is InChI=1S/C50H46BrClN2Si/c1-49(2,3)35-23-27-38(28-24-35)53-40-15-13-21-44(33-40)55(42-17-9-7-10-18-42,43-19-11-8-12-20-43)45-22-14-16-41(34-45)54(47-32-37(52)31-46(53)48(47)51)39-29-25-36(26-30-39)50(4,5)6/h7-34H,1-6H3. The SMILES string of the molecule is CC(C)(C)c1ccc(N2c3cccc(c3)[Si](c3ccccc3)(c3ccccc3)c3cccc(c3)N(c3ccc(C(C)(C)C)cc3)c3cc(Cl)cc2c3Br)cc1. The van der Waals surface area contributed by atoms with Crippen LogP contribution in [0.3, 0.4) is 0 Å². The van der Waals surface area contributed by atoms with Crippen LogP contribution in [0, 0.1) is 0 Å². The van der Waals surface area contributed by atoms with E-state index in [1.54, 1.807) is 0 Å². The van der Waals surface area contributed by atoms with Gasteiger partial charge >= 0.3 is 0 Å². The van der Waals surface area contributed by atoms with E-state index in [9.17, 15) is 0 Å². The third-order valence-electron chi connectivity index (χ3n) is 11.0. The Morgan fingerprint density at radius 1 is 0.418 bits per heavy atom. The maximum atomic E-state index is 7.21. The van der Waals surface area contributed by atoms with E-state index < -0.39 is 8.07 Å². The third kappa shape index (κ3) is 6.75. The Morgan fingerprint density at radius 3 is 1.15 bits per heavy atom.